The molecule has 0 fully saturated rings. The molecule has 0 atom stereocenters. The van der Waals surface area contributed by atoms with Gasteiger partial charge in [-0.3, -0.25) is 9.13 Å². The average Bonchev–Trinajstić information content (AvgIpc) is 2.43. The lowest BCUT2D eigenvalue weighted by atomic mass is 9.88. The smallest absolute Gasteiger partial charge is 0.293 e. The zero-order valence-electron chi connectivity index (χ0n) is 10.4. The number of pyridine rings is 1. The molecule has 4 heteroatoms. The Hall–Kier alpha value is -1.58. The summed E-state index contributed by atoms with van der Waals surface area (Å²) in [7, 11) is 3.52. The highest BCUT2D eigenvalue weighted by atomic mass is 16.1. The Balaban J connectivity index is 2.82. The van der Waals surface area contributed by atoms with E-state index >= 15 is 0 Å². The van der Waals surface area contributed by atoms with Crippen LogP contribution in [0.5, 0.6) is 0 Å². The number of aryl methyl sites for hydroxylation is 2. The number of fused-ring (bicyclic) bond motifs is 1. The SMILES string of the molecule is Cn1c(=O)n(C)c2ncc(C(C)(C)C)cc21. The molecule has 0 radical (unpaired) electrons. The Bertz CT molecular complexity index is 599. The third-order valence-corrected chi connectivity index (χ3v) is 2.97. The van der Waals surface area contributed by atoms with Gasteiger partial charge in [0.1, 0.15) is 0 Å². The van der Waals surface area contributed by atoms with Crippen LogP contribution in [0.25, 0.3) is 11.2 Å². The van der Waals surface area contributed by atoms with Gasteiger partial charge in [-0.25, -0.2) is 9.78 Å². The minimum absolute atomic E-state index is 0.0337. The molecule has 0 aliphatic carbocycles. The first-order valence-corrected chi connectivity index (χ1v) is 5.34. The van der Waals surface area contributed by atoms with Crippen LogP contribution in [-0.4, -0.2) is 14.1 Å². The van der Waals surface area contributed by atoms with Crippen molar-refractivity contribution < 1.29 is 0 Å². The van der Waals surface area contributed by atoms with Crippen LogP contribution in [0.4, 0.5) is 0 Å². The number of nitrogens with zero attached hydrogens (tertiary/aromatic N) is 3. The number of hydrogen-bond donors (Lipinski definition) is 0. The van der Waals surface area contributed by atoms with E-state index in [4.69, 9.17) is 0 Å². The van der Waals surface area contributed by atoms with Crippen molar-refractivity contribution in [3.05, 3.63) is 28.3 Å². The number of imidazole rings is 1. The van der Waals surface area contributed by atoms with Gasteiger partial charge < -0.3 is 0 Å². The first kappa shape index (κ1) is 10.9. The van der Waals surface area contributed by atoms with Crippen LogP contribution in [0.2, 0.25) is 0 Å². The van der Waals surface area contributed by atoms with Gasteiger partial charge in [0, 0.05) is 20.3 Å². The summed E-state index contributed by atoms with van der Waals surface area (Å²) in [5.41, 5.74) is 2.78. The predicted molar refractivity (Wildman–Crippen MR) is 64.7 cm³/mol. The summed E-state index contributed by atoms with van der Waals surface area (Å²) >= 11 is 0. The zero-order chi connectivity index (χ0) is 12.1. The summed E-state index contributed by atoms with van der Waals surface area (Å²) in [6.07, 6.45) is 1.85. The van der Waals surface area contributed by atoms with Crippen molar-refractivity contribution in [2.24, 2.45) is 14.1 Å². The highest BCUT2D eigenvalue weighted by Crippen LogP contribution is 2.23. The molecular weight excluding hydrogens is 202 g/mol. The monoisotopic (exact) mass is 219 g/mol. The maximum Gasteiger partial charge on any atom is 0.329 e. The molecule has 86 valence electrons. The molecule has 0 aliphatic rings. The van der Waals surface area contributed by atoms with Crippen LogP contribution in [0.1, 0.15) is 26.3 Å². The maximum absolute atomic E-state index is 11.7. The van der Waals surface area contributed by atoms with Crippen molar-refractivity contribution in [3.63, 3.8) is 0 Å². The van der Waals surface area contributed by atoms with Crippen LogP contribution in [-0.2, 0) is 19.5 Å². The fourth-order valence-electron chi connectivity index (χ4n) is 1.78. The molecule has 0 N–H and O–H groups in total. The maximum atomic E-state index is 11.7. The number of hydrogen-bond acceptors (Lipinski definition) is 2. The van der Waals surface area contributed by atoms with Gasteiger partial charge in [-0.2, -0.15) is 0 Å². The topological polar surface area (TPSA) is 39.8 Å². The lowest BCUT2D eigenvalue weighted by Gasteiger charge is -2.18. The first-order chi connectivity index (χ1) is 7.32. The van der Waals surface area contributed by atoms with E-state index in [2.05, 4.69) is 25.8 Å². The normalized spacial score (nSPS) is 12.3. The molecule has 2 heterocycles. The third kappa shape index (κ3) is 1.45. The minimum atomic E-state index is -0.0337. The predicted octanol–water partition coefficient (Wildman–Crippen LogP) is 1.57. The van der Waals surface area contributed by atoms with E-state index in [1.165, 1.54) is 0 Å². The Morgan fingerprint density at radius 2 is 1.81 bits per heavy atom. The highest BCUT2D eigenvalue weighted by molar-refractivity contribution is 5.72. The van der Waals surface area contributed by atoms with E-state index in [9.17, 15) is 4.79 Å². The molecule has 2 aromatic heterocycles. The van der Waals surface area contributed by atoms with Gasteiger partial charge in [0.15, 0.2) is 5.65 Å². The molecule has 0 amide bonds. The molecule has 2 aromatic rings. The van der Waals surface area contributed by atoms with Gasteiger partial charge in [-0.1, -0.05) is 20.8 Å². The highest BCUT2D eigenvalue weighted by Gasteiger charge is 2.17. The second kappa shape index (κ2) is 3.20. The molecular formula is C12H17N3O. The van der Waals surface area contributed by atoms with E-state index in [0.29, 0.717) is 0 Å². The van der Waals surface area contributed by atoms with Crippen molar-refractivity contribution in [1.29, 1.82) is 0 Å². The molecule has 2 rings (SSSR count). The quantitative estimate of drug-likeness (QED) is 0.674. The summed E-state index contributed by atoms with van der Waals surface area (Å²) in [6, 6.07) is 2.05. The van der Waals surface area contributed by atoms with E-state index in [0.717, 1.165) is 16.7 Å². The van der Waals surface area contributed by atoms with Crippen molar-refractivity contribution in [3.8, 4) is 0 Å². The van der Waals surface area contributed by atoms with E-state index in [-0.39, 0.29) is 11.1 Å². The van der Waals surface area contributed by atoms with Gasteiger partial charge in [0.25, 0.3) is 0 Å². The summed E-state index contributed by atoms with van der Waals surface area (Å²) in [6.45, 7) is 6.41. The summed E-state index contributed by atoms with van der Waals surface area (Å²) in [5.74, 6) is 0. The van der Waals surface area contributed by atoms with Gasteiger partial charge in [-0.15, -0.1) is 0 Å². The van der Waals surface area contributed by atoms with E-state index < -0.39 is 0 Å². The molecule has 0 aliphatic heterocycles. The molecule has 0 spiro atoms. The molecule has 0 aromatic carbocycles. The van der Waals surface area contributed by atoms with Gasteiger partial charge in [0.2, 0.25) is 0 Å². The second-order valence-corrected chi connectivity index (χ2v) is 5.22. The zero-order valence-corrected chi connectivity index (χ0v) is 10.4. The molecule has 0 saturated carbocycles. The molecule has 0 unspecified atom stereocenters. The van der Waals surface area contributed by atoms with Crippen LogP contribution in [0.3, 0.4) is 0 Å². The summed E-state index contributed by atoms with van der Waals surface area (Å²) in [5, 5.41) is 0. The molecule has 4 nitrogen and oxygen atoms in total. The molecule has 16 heavy (non-hydrogen) atoms. The van der Waals surface area contributed by atoms with Crippen molar-refractivity contribution in [2.75, 3.05) is 0 Å². The third-order valence-electron chi connectivity index (χ3n) is 2.97. The van der Waals surface area contributed by atoms with Crippen molar-refractivity contribution >= 4 is 11.2 Å². The minimum Gasteiger partial charge on any atom is -0.293 e. The number of rotatable bonds is 0. The van der Waals surface area contributed by atoms with E-state index in [1.807, 2.05) is 12.3 Å². The fraction of sp³-hybridized carbons (Fsp3) is 0.500. The molecule has 0 saturated heterocycles. The Morgan fingerprint density at radius 3 is 2.38 bits per heavy atom. The van der Waals surface area contributed by atoms with Crippen molar-refractivity contribution in [2.45, 2.75) is 26.2 Å². The molecule has 0 bridgehead atoms. The standard InChI is InChI=1S/C12H17N3O/c1-12(2,3)8-6-9-10(13-7-8)15(5)11(16)14(9)4/h6-7H,1-5H3. The Kier molecular flexibility index (Phi) is 2.19. The van der Waals surface area contributed by atoms with E-state index in [1.54, 1.807) is 23.2 Å². The summed E-state index contributed by atoms with van der Waals surface area (Å²) < 4.78 is 3.21. The fourth-order valence-corrected chi connectivity index (χ4v) is 1.78. The Morgan fingerprint density at radius 1 is 1.19 bits per heavy atom. The van der Waals surface area contributed by atoms with Crippen LogP contribution >= 0.6 is 0 Å². The van der Waals surface area contributed by atoms with Crippen molar-refractivity contribution in [1.82, 2.24) is 14.1 Å². The van der Waals surface area contributed by atoms with Crippen LogP contribution in [0, 0.1) is 0 Å². The lowest BCUT2D eigenvalue weighted by Crippen LogP contribution is -2.19. The van der Waals surface area contributed by atoms with Crippen LogP contribution < -0.4 is 5.69 Å². The Labute approximate surface area is 94.5 Å². The van der Waals surface area contributed by atoms with Crippen LogP contribution in [0.15, 0.2) is 17.1 Å². The average molecular weight is 219 g/mol. The summed E-state index contributed by atoms with van der Waals surface area (Å²) in [4.78, 5) is 16.1. The first-order valence-electron chi connectivity index (χ1n) is 5.34. The number of aromatic nitrogens is 3. The second-order valence-electron chi connectivity index (χ2n) is 5.22. The van der Waals surface area contributed by atoms with Gasteiger partial charge in [-0.05, 0) is 17.0 Å². The van der Waals surface area contributed by atoms with Gasteiger partial charge >= 0.3 is 5.69 Å². The lowest BCUT2D eigenvalue weighted by molar-refractivity contribution is 0.588. The van der Waals surface area contributed by atoms with Gasteiger partial charge in [0.05, 0.1) is 5.52 Å². The largest absolute Gasteiger partial charge is 0.329 e.